The van der Waals surface area contributed by atoms with Crippen LogP contribution in [0.2, 0.25) is 0 Å². The van der Waals surface area contributed by atoms with Crippen LogP contribution in [0.1, 0.15) is 42.9 Å². The van der Waals surface area contributed by atoms with Gasteiger partial charge < -0.3 is 5.32 Å². The number of rotatable bonds is 6. The molecule has 2 heterocycles. The van der Waals surface area contributed by atoms with E-state index in [4.69, 9.17) is 4.98 Å². The molecule has 0 amide bonds. The molecule has 0 aliphatic carbocycles. The first kappa shape index (κ1) is 14.7. The van der Waals surface area contributed by atoms with Crippen LogP contribution in [0.3, 0.4) is 0 Å². The van der Waals surface area contributed by atoms with E-state index in [0.29, 0.717) is 0 Å². The smallest absolute Gasteiger partial charge is 0.143 e. The van der Waals surface area contributed by atoms with Crippen molar-refractivity contribution < 1.29 is 0 Å². The summed E-state index contributed by atoms with van der Waals surface area (Å²) in [5.74, 6) is 2.07. The fourth-order valence-corrected chi connectivity index (χ4v) is 2.44. The lowest BCUT2D eigenvalue weighted by Crippen LogP contribution is -2.18. The second-order valence-corrected chi connectivity index (χ2v) is 5.13. The molecule has 0 saturated heterocycles. The van der Waals surface area contributed by atoms with Gasteiger partial charge in [-0.15, -0.1) is 0 Å². The van der Waals surface area contributed by atoms with Crippen LogP contribution in [-0.2, 0) is 13.0 Å². The Balaban J connectivity index is 2.44. The van der Waals surface area contributed by atoms with Crippen LogP contribution in [-0.4, -0.2) is 21.1 Å². The third-order valence-corrected chi connectivity index (χ3v) is 3.44. The maximum absolute atomic E-state index is 4.75. The molecule has 2 rings (SSSR count). The monoisotopic (exact) mass is 272 g/mol. The summed E-state index contributed by atoms with van der Waals surface area (Å²) in [5, 5.41) is 3.48. The number of aryl methyl sites for hydroxylation is 3. The van der Waals surface area contributed by atoms with Gasteiger partial charge in [0.2, 0.25) is 0 Å². The number of nitrogens with zero attached hydrogens (tertiary/aromatic N) is 3. The van der Waals surface area contributed by atoms with E-state index in [9.17, 15) is 0 Å². The van der Waals surface area contributed by atoms with E-state index in [2.05, 4.69) is 41.7 Å². The van der Waals surface area contributed by atoms with Gasteiger partial charge in [-0.3, -0.25) is 4.57 Å². The van der Waals surface area contributed by atoms with Gasteiger partial charge in [0.25, 0.3) is 0 Å². The lowest BCUT2D eigenvalue weighted by Gasteiger charge is -2.15. The SMILES string of the molecule is CCCNCc1c(C)cc(C)nc1-n1ccnc1CC. The molecule has 2 aromatic heterocycles. The number of pyridine rings is 1. The molecule has 0 aliphatic heterocycles. The summed E-state index contributed by atoms with van der Waals surface area (Å²) in [6.07, 6.45) is 5.90. The molecule has 0 radical (unpaired) electrons. The molecule has 0 aliphatic rings. The Labute approximate surface area is 121 Å². The predicted molar refractivity (Wildman–Crippen MR) is 82.2 cm³/mol. The van der Waals surface area contributed by atoms with E-state index in [1.54, 1.807) is 0 Å². The molecule has 108 valence electrons. The molecule has 0 spiro atoms. The van der Waals surface area contributed by atoms with Gasteiger partial charge in [-0.05, 0) is 38.4 Å². The van der Waals surface area contributed by atoms with E-state index in [1.807, 2.05) is 19.3 Å². The first-order valence-corrected chi connectivity index (χ1v) is 7.37. The highest BCUT2D eigenvalue weighted by molar-refractivity contribution is 5.42. The highest BCUT2D eigenvalue weighted by atomic mass is 15.1. The van der Waals surface area contributed by atoms with Crippen molar-refractivity contribution in [3.63, 3.8) is 0 Å². The Morgan fingerprint density at radius 1 is 1.25 bits per heavy atom. The Hall–Kier alpha value is -1.68. The zero-order valence-corrected chi connectivity index (χ0v) is 12.9. The van der Waals surface area contributed by atoms with Gasteiger partial charge >= 0.3 is 0 Å². The van der Waals surface area contributed by atoms with E-state index < -0.39 is 0 Å². The summed E-state index contributed by atoms with van der Waals surface area (Å²) in [6, 6.07) is 2.15. The molecule has 2 aromatic rings. The van der Waals surface area contributed by atoms with Crippen molar-refractivity contribution in [2.45, 2.75) is 47.1 Å². The maximum atomic E-state index is 4.75. The second-order valence-electron chi connectivity index (χ2n) is 5.13. The van der Waals surface area contributed by atoms with Gasteiger partial charge in [0.1, 0.15) is 11.6 Å². The Morgan fingerprint density at radius 3 is 2.75 bits per heavy atom. The van der Waals surface area contributed by atoms with E-state index in [0.717, 1.165) is 43.3 Å². The molecule has 1 N–H and O–H groups in total. The first-order chi connectivity index (χ1) is 9.67. The zero-order valence-electron chi connectivity index (χ0n) is 12.9. The molecule has 4 nitrogen and oxygen atoms in total. The fourth-order valence-electron chi connectivity index (χ4n) is 2.44. The van der Waals surface area contributed by atoms with Crippen molar-refractivity contribution in [1.29, 1.82) is 0 Å². The molecule has 0 fully saturated rings. The van der Waals surface area contributed by atoms with Crippen molar-refractivity contribution in [1.82, 2.24) is 19.9 Å². The summed E-state index contributed by atoms with van der Waals surface area (Å²) in [5.41, 5.74) is 3.59. The van der Waals surface area contributed by atoms with Crippen molar-refractivity contribution in [3.8, 4) is 5.82 Å². The standard InChI is InChI=1S/C16H24N4/c1-5-7-17-11-14-12(3)10-13(4)19-16(14)20-9-8-18-15(20)6-2/h8-10,17H,5-7,11H2,1-4H3. The largest absolute Gasteiger partial charge is 0.313 e. The van der Waals surface area contributed by atoms with Crippen molar-refractivity contribution >= 4 is 0 Å². The minimum absolute atomic E-state index is 0.851. The number of aromatic nitrogens is 3. The molecule has 20 heavy (non-hydrogen) atoms. The molecule has 0 aromatic carbocycles. The van der Waals surface area contributed by atoms with Gasteiger partial charge in [-0.2, -0.15) is 0 Å². The summed E-state index contributed by atoms with van der Waals surface area (Å²) < 4.78 is 2.11. The average Bonchev–Trinajstić information content (AvgIpc) is 2.89. The van der Waals surface area contributed by atoms with Gasteiger partial charge in [-0.25, -0.2) is 9.97 Å². The van der Waals surface area contributed by atoms with Crippen LogP contribution in [0.25, 0.3) is 5.82 Å². The van der Waals surface area contributed by atoms with Gasteiger partial charge in [0.15, 0.2) is 0 Å². The topological polar surface area (TPSA) is 42.7 Å². The minimum Gasteiger partial charge on any atom is -0.313 e. The molecule has 0 unspecified atom stereocenters. The lowest BCUT2D eigenvalue weighted by atomic mass is 10.1. The predicted octanol–water partition coefficient (Wildman–Crippen LogP) is 2.95. The van der Waals surface area contributed by atoms with Crippen LogP contribution in [0, 0.1) is 13.8 Å². The average molecular weight is 272 g/mol. The number of nitrogens with one attached hydrogen (secondary N) is 1. The highest BCUT2D eigenvalue weighted by Gasteiger charge is 2.13. The van der Waals surface area contributed by atoms with Gasteiger partial charge in [0.05, 0.1) is 0 Å². The van der Waals surface area contributed by atoms with Gasteiger partial charge in [-0.1, -0.05) is 13.8 Å². The van der Waals surface area contributed by atoms with Crippen LogP contribution >= 0.6 is 0 Å². The van der Waals surface area contributed by atoms with Crippen LogP contribution in [0.5, 0.6) is 0 Å². The lowest BCUT2D eigenvalue weighted by molar-refractivity contribution is 0.665. The Kier molecular flexibility index (Phi) is 4.90. The van der Waals surface area contributed by atoms with Gasteiger partial charge in [0, 0.05) is 36.6 Å². The minimum atomic E-state index is 0.851. The summed E-state index contributed by atoms with van der Waals surface area (Å²) in [4.78, 5) is 9.16. The normalized spacial score (nSPS) is 11.0. The summed E-state index contributed by atoms with van der Waals surface area (Å²) in [6.45, 7) is 10.4. The first-order valence-electron chi connectivity index (χ1n) is 7.37. The highest BCUT2D eigenvalue weighted by Crippen LogP contribution is 2.19. The number of hydrogen-bond donors (Lipinski definition) is 1. The Bertz CT molecular complexity index is 572. The molecule has 0 saturated carbocycles. The zero-order chi connectivity index (χ0) is 14.5. The number of hydrogen-bond acceptors (Lipinski definition) is 3. The Morgan fingerprint density at radius 2 is 2.05 bits per heavy atom. The maximum Gasteiger partial charge on any atom is 0.143 e. The molecule has 4 heteroatoms. The summed E-state index contributed by atoms with van der Waals surface area (Å²) in [7, 11) is 0. The van der Waals surface area contributed by atoms with Crippen LogP contribution < -0.4 is 5.32 Å². The van der Waals surface area contributed by atoms with Crippen LogP contribution in [0.4, 0.5) is 0 Å². The third-order valence-electron chi connectivity index (χ3n) is 3.44. The van der Waals surface area contributed by atoms with Crippen molar-refractivity contribution in [3.05, 3.63) is 41.1 Å². The van der Waals surface area contributed by atoms with Crippen molar-refractivity contribution in [2.75, 3.05) is 6.54 Å². The molecule has 0 bridgehead atoms. The molecular weight excluding hydrogens is 248 g/mol. The van der Waals surface area contributed by atoms with Crippen LogP contribution in [0.15, 0.2) is 18.5 Å². The fraction of sp³-hybridized carbons (Fsp3) is 0.500. The number of imidazole rings is 1. The van der Waals surface area contributed by atoms with Crippen molar-refractivity contribution in [2.24, 2.45) is 0 Å². The van der Waals surface area contributed by atoms with E-state index in [-0.39, 0.29) is 0 Å². The second kappa shape index (κ2) is 6.66. The quantitative estimate of drug-likeness (QED) is 0.822. The molecule has 0 atom stereocenters. The van der Waals surface area contributed by atoms with E-state index in [1.165, 1.54) is 11.1 Å². The summed E-state index contributed by atoms with van der Waals surface area (Å²) >= 11 is 0. The third kappa shape index (κ3) is 3.07. The molecular formula is C16H24N4. The van der Waals surface area contributed by atoms with E-state index >= 15 is 0 Å².